The molecule has 1 aromatic carbocycles. The molecule has 3 atom stereocenters. The highest BCUT2D eigenvalue weighted by atomic mass is 19.4. The molecule has 0 aromatic heterocycles. The van der Waals surface area contributed by atoms with Crippen LogP contribution in [0.15, 0.2) is 30.3 Å². The molecular formula is C18H22F3N3O2. The van der Waals surface area contributed by atoms with Gasteiger partial charge in [0, 0.05) is 24.8 Å². The summed E-state index contributed by atoms with van der Waals surface area (Å²) in [6.45, 7) is 0.971. The van der Waals surface area contributed by atoms with E-state index in [-0.39, 0.29) is 24.8 Å². The number of benzene rings is 1. The van der Waals surface area contributed by atoms with Crippen molar-refractivity contribution in [2.45, 2.75) is 43.9 Å². The van der Waals surface area contributed by atoms with Crippen molar-refractivity contribution >= 4 is 17.5 Å². The molecule has 2 saturated heterocycles. The average molecular weight is 369 g/mol. The van der Waals surface area contributed by atoms with Crippen molar-refractivity contribution in [3.63, 3.8) is 0 Å². The first-order chi connectivity index (χ1) is 12.3. The zero-order chi connectivity index (χ0) is 18.7. The van der Waals surface area contributed by atoms with Crippen LogP contribution in [0, 0.1) is 5.92 Å². The van der Waals surface area contributed by atoms with Crippen molar-refractivity contribution < 1.29 is 22.8 Å². The molecule has 142 valence electrons. The Balaban J connectivity index is 1.58. The third kappa shape index (κ3) is 4.28. The highest BCUT2D eigenvalue weighted by molar-refractivity contribution is 6.01. The van der Waals surface area contributed by atoms with Gasteiger partial charge in [-0.15, -0.1) is 0 Å². The Labute approximate surface area is 149 Å². The number of hydrogen-bond donors (Lipinski definition) is 2. The van der Waals surface area contributed by atoms with Gasteiger partial charge < -0.3 is 15.5 Å². The van der Waals surface area contributed by atoms with E-state index >= 15 is 0 Å². The fourth-order valence-corrected chi connectivity index (χ4v) is 3.58. The smallest absolute Gasteiger partial charge is 0.381 e. The van der Waals surface area contributed by atoms with Crippen LogP contribution in [0.3, 0.4) is 0 Å². The van der Waals surface area contributed by atoms with Gasteiger partial charge in [0.25, 0.3) is 0 Å². The van der Waals surface area contributed by atoms with Crippen molar-refractivity contribution in [1.82, 2.24) is 10.2 Å². The van der Waals surface area contributed by atoms with Crippen LogP contribution in [0.4, 0.5) is 18.9 Å². The van der Waals surface area contributed by atoms with Gasteiger partial charge in [-0.2, -0.15) is 13.2 Å². The second-order valence-corrected chi connectivity index (χ2v) is 6.87. The number of likely N-dealkylation sites (tertiary alicyclic amines) is 1. The predicted molar refractivity (Wildman–Crippen MR) is 90.4 cm³/mol. The summed E-state index contributed by atoms with van der Waals surface area (Å²) in [5.74, 6) is -2.21. The minimum Gasteiger partial charge on any atom is -0.381 e. The minimum absolute atomic E-state index is 0.0599. The van der Waals surface area contributed by atoms with Crippen LogP contribution >= 0.6 is 0 Å². The van der Waals surface area contributed by atoms with Gasteiger partial charge in [0.1, 0.15) is 12.0 Å². The number of halogens is 3. The number of nitrogens with zero attached hydrogens (tertiary/aromatic N) is 1. The number of nitrogens with one attached hydrogen (secondary N) is 2. The Bertz CT molecular complexity index is 651. The monoisotopic (exact) mass is 369 g/mol. The van der Waals surface area contributed by atoms with Crippen LogP contribution in [-0.2, 0) is 9.59 Å². The van der Waals surface area contributed by atoms with Gasteiger partial charge in [-0.05, 0) is 37.8 Å². The van der Waals surface area contributed by atoms with E-state index in [4.69, 9.17) is 0 Å². The quantitative estimate of drug-likeness (QED) is 0.805. The van der Waals surface area contributed by atoms with Crippen molar-refractivity contribution in [3.05, 3.63) is 30.3 Å². The number of alkyl halides is 3. The molecule has 3 unspecified atom stereocenters. The molecule has 5 nitrogen and oxygen atoms in total. The zero-order valence-corrected chi connectivity index (χ0v) is 14.3. The highest BCUT2D eigenvalue weighted by Gasteiger charge is 2.46. The zero-order valence-electron chi connectivity index (χ0n) is 14.3. The van der Waals surface area contributed by atoms with E-state index in [1.165, 1.54) is 0 Å². The highest BCUT2D eigenvalue weighted by Crippen LogP contribution is 2.29. The topological polar surface area (TPSA) is 61.4 Å². The molecule has 1 aromatic rings. The molecule has 2 amide bonds. The summed E-state index contributed by atoms with van der Waals surface area (Å²) in [6.07, 6.45) is -3.12. The van der Waals surface area contributed by atoms with E-state index in [2.05, 4.69) is 5.32 Å². The van der Waals surface area contributed by atoms with Crippen molar-refractivity contribution in [2.24, 2.45) is 5.92 Å². The number of carbonyl (C=O) groups is 2. The summed E-state index contributed by atoms with van der Waals surface area (Å²) in [4.78, 5) is 26.3. The largest absolute Gasteiger partial charge is 0.408 e. The second kappa shape index (κ2) is 7.55. The van der Waals surface area contributed by atoms with E-state index in [1.807, 2.05) is 35.6 Å². The van der Waals surface area contributed by atoms with Crippen LogP contribution in [0.5, 0.6) is 0 Å². The second-order valence-electron chi connectivity index (χ2n) is 6.87. The molecule has 0 radical (unpaired) electrons. The van der Waals surface area contributed by atoms with Gasteiger partial charge in [0.2, 0.25) is 11.8 Å². The first kappa shape index (κ1) is 18.5. The molecule has 2 fully saturated rings. The van der Waals surface area contributed by atoms with Gasteiger partial charge in [-0.1, -0.05) is 18.2 Å². The van der Waals surface area contributed by atoms with Crippen LogP contribution in [-0.4, -0.2) is 48.1 Å². The van der Waals surface area contributed by atoms with E-state index in [1.54, 1.807) is 4.90 Å². The maximum atomic E-state index is 12.7. The normalized spacial score (nSPS) is 27.0. The summed E-state index contributed by atoms with van der Waals surface area (Å²) in [5, 5.41) is 5.31. The maximum Gasteiger partial charge on any atom is 0.408 e. The lowest BCUT2D eigenvalue weighted by atomic mass is 9.91. The lowest BCUT2D eigenvalue weighted by Crippen LogP contribution is -2.56. The van der Waals surface area contributed by atoms with Gasteiger partial charge in [-0.25, -0.2) is 0 Å². The van der Waals surface area contributed by atoms with Gasteiger partial charge in [-0.3, -0.25) is 9.59 Å². The number of para-hydroxylation sites is 1. The minimum atomic E-state index is -4.47. The van der Waals surface area contributed by atoms with Crippen molar-refractivity contribution in [2.75, 3.05) is 18.4 Å². The van der Waals surface area contributed by atoms with Crippen molar-refractivity contribution in [3.8, 4) is 0 Å². The number of piperidine rings is 2. The molecule has 2 heterocycles. The number of hydrogen-bond acceptors (Lipinski definition) is 3. The van der Waals surface area contributed by atoms with E-state index in [0.717, 1.165) is 18.5 Å². The summed E-state index contributed by atoms with van der Waals surface area (Å²) < 4.78 is 38.2. The van der Waals surface area contributed by atoms with Gasteiger partial charge >= 0.3 is 6.18 Å². The lowest BCUT2D eigenvalue weighted by Gasteiger charge is -2.37. The van der Waals surface area contributed by atoms with Crippen molar-refractivity contribution in [1.29, 1.82) is 0 Å². The Kier molecular flexibility index (Phi) is 5.38. The lowest BCUT2D eigenvalue weighted by molar-refractivity contribution is -0.172. The van der Waals surface area contributed by atoms with Crippen LogP contribution in [0.2, 0.25) is 0 Å². The Hall–Kier alpha value is -2.25. The molecule has 0 spiro atoms. The van der Waals surface area contributed by atoms with Gasteiger partial charge in [0.15, 0.2) is 0 Å². The molecule has 2 aliphatic heterocycles. The van der Waals surface area contributed by atoms with E-state index in [9.17, 15) is 22.8 Å². The van der Waals surface area contributed by atoms with E-state index in [0.29, 0.717) is 13.1 Å². The first-order valence-electron chi connectivity index (χ1n) is 8.82. The molecule has 2 aliphatic rings. The SMILES string of the molecule is O=C1NC(C(F)(F)F)CCC1C(=O)N1CCCC(Nc2ccccc2)C1. The average Bonchev–Trinajstić information content (AvgIpc) is 2.61. The van der Waals surface area contributed by atoms with Crippen LogP contribution in [0.1, 0.15) is 25.7 Å². The van der Waals surface area contributed by atoms with E-state index < -0.39 is 24.0 Å². The standard InChI is InChI=1S/C18H22F3N3O2/c19-18(20,21)15-9-8-14(16(25)23-15)17(26)24-10-4-7-13(11-24)22-12-5-2-1-3-6-12/h1-3,5-6,13-15,22H,4,7-11H2,(H,23,25). The Morgan fingerprint density at radius 2 is 1.88 bits per heavy atom. The number of carbonyl (C=O) groups excluding carboxylic acids is 2. The van der Waals surface area contributed by atoms with Gasteiger partial charge in [0.05, 0.1) is 0 Å². The number of rotatable bonds is 3. The predicted octanol–water partition coefficient (Wildman–Crippen LogP) is 2.55. The molecule has 26 heavy (non-hydrogen) atoms. The Morgan fingerprint density at radius 3 is 2.54 bits per heavy atom. The molecular weight excluding hydrogens is 347 g/mol. The van der Waals surface area contributed by atoms with Crippen LogP contribution in [0.25, 0.3) is 0 Å². The summed E-state index contributed by atoms with van der Waals surface area (Å²) in [6, 6.07) is 7.82. The first-order valence-corrected chi connectivity index (χ1v) is 8.82. The third-order valence-electron chi connectivity index (χ3n) is 4.95. The molecule has 8 heteroatoms. The molecule has 0 saturated carbocycles. The molecule has 0 bridgehead atoms. The number of amides is 2. The fraction of sp³-hybridized carbons (Fsp3) is 0.556. The van der Waals surface area contributed by atoms with Crippen LogP contribution < -0.4 is 10.6 Å². The molecule has 0 aliphatic carbocycles. The maximum absolute atomic E-state index is 12.7. The summed E-state index contributed by atoms with van der Waals surface area (Å²) >= 11 is 0. The molecule has 3 rings (SSSR count). The molecule has 2 N–H and O–H groups in total. The third-order valence-corrected chi connectivity index (χ3v) is 4.95. The summed E-state index contributed by atoms with van der Waals surface area (Å²) in [5.41, 5.74) is 0.954. The fourth-order valence-electron chi connectivity index (χ4n) is 3.58. The Morgan fingerprint density at radius 1 is 1.15 bits per heavy atom. The summed E-state index contributed by atoms with van der Waals surface area (Å²) in [7, 11) is 0. The number of anilines is 1.